The lowest BCUT2D eigenvalue weighted by Gasteiger charge is -2.17. The Hall–Kier alpha value is -2.67. The van der Waals surface area contributed by atoms with E-state index in [1.54, 1.807) is 6.33 Å². The first-order chi connectivity index (χ1) is 12.7. The van der Waals surface area contributed by atoms with Gasteiger partial charge in [-0.3, -0.25) is 4.57 Å². The Kier molecular flexibility index (Phi) is 6.01. The molecule has 0 saturated carbocycles. The van der Waals surface area contributed by atoms with Gasteiger partial charge in [-0.15, -0.1) is 0 Å². The zero-order valence-corrected chi connectivity index (χ0v) is 15.5. The van der Waals surface area contributed by atoms with Gasteiger partial charge >= 0.3 is 0 Å². The van der Waals surface area contributed by atoms with Crippen LogP contribution in [0.3, 0.4) is 0 Å². The van der Waals surface area contributed by atoms with Crippen LogP contribution in [-0.2, 0) is 0 Å². The Balaban J connectivity index is 1.64. The number of nitrogens with zero attached hydrogens (tertiary/aromatic N) is 5. The summed E-state index contributed by atoms with van der Waals surface area (Å²) >= 11 is 0. The minimum atomic E-state index is 0.426. The first-order valence-corrected chi connectivity index (χ1v) is 9.24. The third-order valence-corrected chi connectivity index (χ3v) is 4.57. The molecular weight excluding hydrogens is 326 g/mol. The number of benzene rings is 1. The number of anilines is 2. The largest absolute Gasteiger partial charge is 0.370 e. The second-order valence-electron chi connectivity index (χ2n) is 6.22. The first kappa shape index (κ1) is 18.1. The van der Waals surface area contributed by atoms with Crippen molar-refractivity contribution in [2.24, 2.45) is 0 Å². The molecule has 1 aromatic carbocycles. The maximum Gasteiger partial charge on any atom is 0.207 e. The molecule has 138 valence electrons. The molecule has 7 nitrogen and oxygen atoms in total. The van der Waals surface area contributed by atoms with Crippen LogP contribution in [0.15, 0.2) is 36.7 Å². The van der Waals surface area contributed by atoms with E-state index in [2.05, 4.69) is 39.0 Å². The summed E-state index contributed by atoms with van der Waals surface area (Å²) in [6.07, 6.45) is 3.83. The number of fused-ring (bicyclic) bond motifs is 1. The van der Waals surface area contributed by atoms with E-state index in [1.165, 1.54) is 6.42 Å². The lowest BCUT2D eigenvalue weighted by molar-refractivity contribution is 0.298. The molecular formula is C19H27N7. The summed E-state index contributed by atoms with van der Waals surface area (Å²) in [5.74, 6) is 1.95. The van der Waals surface area contributed by atoms with E-state index in [4.69, 9.17) is 5.73 Å². The van der Waals surface area contributed by atoms with Crippen LogP contribution in [0.1, 0.15) is 26.7 Å². The quantitative estimate of drug-likeness (QED) is 0.575. The minimum Gasteiger partial charge on any atom is -0.370 e. The van der Waals surface area contributed by atoms with Gasteiger partial charge in [-0.05, 0) is 44.6 Å². The van der Waals surface area contributed by atoms with Crippen molar-refractivity contribution in [3.63, 3.8) is 0 Å². The monoisotopic (exact) mass is 353 g/mol. The van der Waals surface area contributed by atoms with Crippen molar-refractivity contribution in [2.75, 3.05) is 37.2 Å². The lowest BCUT2D eigenvalue weighted by Crippen LogP contribution is -2.24. The van der Waals surface area contributed by atoms with Gasteiger partial charge < -0.3 is 16.0 Å². The Morgan fingerprint density at radius 2 is 1.92 bits per heavy atom. The van der Waals surface area contributed by atoms with Gasteiger partial charge in [-0.2, -0.15) is 0 Å². The van der Waals surface area contributed by atoms with E-state index in [-0.39, 0.29) is 0 Å². The van der Waals surface area contributed by atoms with Crippen LogP contribution in [-0.4, -0.2) is 50.6 Å². The van der Waals surface area contributed by atoms with Crippen LogP contribution in [0.2, 0.25) is 0 Å². The molecule has 3 rings (SSSR count). The van der Waals surface area contributed by atoms with Crippen molar-refractivity contribution in [3.05, 3.63) is 36.7 Å². The van der Waals surface area contributed by atoms with Crippen LogP contribution < -0.4 is 11.1 Å². The number of hydrogen-bond donors (Lipinski definition) is 2. The van der Waals surface area contributed by atoms with Gasteiger partial charge in [0.1, 0.15) is 18.0 Å². The predicted octanol–water partition coefficient (Wildman–Crippen LogP) is 2.93. The number of nitrogens with two attached hydrogens (primary N) is 1. The molecule has 0 unspecified atom stereocenters. The van der Waals surface area contributed by atoms with Crippen molar-refractivity contribution in [1.29, 1.82) is 0 Å². The normalized spacial score (nSPS) is 11.3. The van der Waals surface area contributed by atoms with Crippen molar-refractivity contribution >= 4 is 22.8 Å². The highest BCUT2D eigenvalue weighted by atomic mass is 15.2. The summed E-state index contributed by atoms with van der Waals surface area (Å²) in [6, 6.07) is 9.76. The van der Waals surface area contributed by atoms with Gasteiger partial charge in [-0.1, -0.05) is 26.0 Å². The molecule has 0 spiro atoms. The average Bonchev–Trinajstić information content (AvgIpc) is 3.00. The van der Waals surface area contributed by atoms with Crippen molar-refractivity contribution in [2.45, 2.75) is 26.7 Å². The molecule has 26 heavy (non-hydrogen) atoms. The molecule has 0 aliphatic carbocycles. The smallest absolute Gasteiger partial charge is 0.207 e. The highest BCUT2D eigenvalue weighted by Gasteiger charge is 2.11. The van der Waals surface area contributed by atoms with E-state index < -0.39 is 0 Å². The summed E-state index contributed by atoms with van der Waals surface area (Å²) in [6.45, 7) is 8.66. The zero-order valence-electron chi connectivity index (χ0n) is 15.5. The van der Waals surface area contributed by atoms with Gasteiger partial charge in [-0.25, -0.2) is 15.0 Å². The third kappa shape index (κ3) is 4.11. The van der Waals surface area contributed by atoms with Crippen LogP contribution >= 0.6 is 0 Å². The third-order valence-electron chi connectivity index (χ3n) is 4.57. The molecule has 0 fully saturated rings. The van der Waals surface area contributed by atoms with E-state index in [9.17, 15) is 0 Å². The maximum atomic E-state index is 6.10. The fourth-order valence-corrected chi connectivity index (χ4v) is 3.07. The summed E-state index contributed by atoms with van der Waals surface area (Å²) in [5.41, 5.74) is 7.89. The van der Waals surface area contributed by atoms with Crippen LogP contribution in [0.5, 0.6) is 0 Å². The van der Waals surface area contributed by atoms with Gasteiger partial charge in [0.05, 0.1) is 11.0 Å². The van der Waals surface area contributed by atoms with Crippen molar-refractivity contribution in [1.82, 2.24) is 24.4 Å². The molecule has 0 bridgehead atoms. The van der Waals surface area contributed by atoms with E-state index in [0.717, 1.165) is 55.3 Å². The molecule has 0 radical (unpaired) electrons. The number of unbranched alkanes of at least 4 members (excludes halogenated alkanes) is 1. The summed E-state index contributed by atoms with van der Waals surface area (Å²) < 4.78 is 1.85. The molecule has 3 aromatic rings. The maximum absolute atomic E-state index is 6.10. The number of rotatable bonds is 9. The molecule has 0 aliphatic rings. The van der Waals surface area contributed by atoms with Crippen LogP contribution in [0.25, 0.3) is 16.9 Å². The Bertz CT molecular complexity index is 839. The average molecular weight is 353 g/mol. The number of hydrogen-bond acceptors (Lipinski definition) is 6. The number of para-hydroxylation sites is 2. The Morgan fingerprint density at radius 3 is 2.73 bits per heavy atom. The topological polar surface area (TPSA) is 84.9 Å². The van der Waals surface area contributed by atoms with Gasteiger partial charge in [0.15, 0.2) is 0 Å². The molecule has 7 heteroatoms. The second-order valence-corrected chi connectivity index (χ2v) is 6.22. The molecule has 0 amide bonds. The van der Waals surface area contributed by atoms with Crippen molar-refractivity contribution < 1.29 is 0 Å². The number of imidazole rings is 1. The highest BCUT2D eigenvalue weighted by molar-refractivity contribution is 5.80. The van der Waals surface area contributed by atoms with Gasteiger partial charge in [0.2, 0.25) is 5.95 Å². The van der Waals surface area contributed by atoms with Crippen molar-refractivity contribution in [3.8, 4) is 5.82 Å². The van der Waals surface area contributed by atoms with Gasteiger partial charge in [0, 0.05) is 12.6 Å². The standard InChI is InChI=1S/C19H27N7/c1-3-25(4-2)12-8-7-11-21-17-13-18(23-14-22-17)26-16-10-6-5-9-15(16)24-19(26)20/h5-6,9-10,13-14H,3-4,7-8,11-12H2,1-2H3,(H2,20,24)(H,21,22,23). The number of nitrogens with one attached hydrogen (secondary N) is 1. The molecule has 2 aromatic heterocycles. The molecule has 2 heterocycles. The zero-order chi connectivity index (χ0) is 18.4. The Morgan fingerprint density at radius 1 is 1.12 bits per heavy atom. The second kappa shape index (κ2) is 8.62. The van der Waals surface area contributed by atoms with E-state index >= 15 is 0 Å². The lowest BCUT2D eigenvalue weighted by atomic mass is 10.3. The fraction of sp³-hybridized carbons (Fsp3) is 0.421. The molecule has 3 N–H and O–H groups in total. The Labute approximate surface area is 154 Å². The minimum absolute atomic E-state index is 0.426. The van der Waals surface area contributed by atoms with Crippen LogP contribution in [0.4, 0.5) is 11.8 Å². The molecule has 0 atom stereocenters. The molecule has 0 saturated heterocycles. The SMILES string of the molecule is CCN(CC)CCCCNc1cc(-n2c(N)nc3ccccc32)ncn1. The summed E-state index contributed by atoms with van der Waals surface area (Å²) in [5, 5.41) is 3.38. The summed E-state index contributed by atoms with van der Waals surface area (Å²) in [7, 11) is 0. The number of aromatic nitrogens is 4. The first-order valence-electron chi connectivity index (χ1n) is 9.24. The fourth-order valence-electron chi connectivity index (χ4n) is 3.07. The van der Waals surface area contributed by atoms with E-state index in [0.29, 0.717) is 5.95 Å². The number of nitrogen functional groups attached to an aromatic ring is 1. The highest BCUT2D eigenvalue weighted by Crippen LogP contribution is 2.22. The van der Waals surface area contributed by atoms with Crippen LogP contribution in [0, 0.1) is 0 Å². The predicted molar refractivity (Wildman–Crippen MR) is 107 cm³/mol. The van der Waals surface area contributed by atoms with Gasteiger partial charge in [0.25, 0.3) is 0 Å². The summed E-state index contributed by atoms with van der Waals surface area (Å²) in [4.78, 5) is 15.5. The van der Waals surface area contributed by atoms with E-state index in [1.807, 2.05) is 34.9 Å². The molecule has 0 aliphatic heterocycles.